The first-order chi connectivity index (χ1) is 17.4. The molecule has 1 aliphatic heterocycles. The molecule has 1 aromatic carbocycles. The first kappa shape index (κ1) is 24.8. The summed E-state index contributed by atoms with van der Waals surface area (Å²) < 4.78 is 0. The van der Waals surface area contributed by atoms with E-state index in [4.69, 9.17) is 11.6 Å². The fourth-order valence-electron chi connectivity index (χ4n) is 6.54. The predicted octanol–water partition coefficient (Wildman–Crippen LogP) is 5.14. The van der Waals surface area contributed by atoms with E-state index < -0.39 is 12.1 Å². The van der Waals surface area contributed by atoms with E-state index in [0.29, 0.717) is 36.5 Å². The number of hydrogen-bond acceptors (Lipinski definition) is 4. The number of ketones is 1. The van der Waals surface area contributed by atoms with Crippen molar-refractivity contribution >= 4 is 40.1 Å². The van der Waals surface area contributed by atoms with Crippen LogP contribution in [0.3, 0.4) is 0 Å². The molecule has 2 amide bonds. The Kier molecular flexibility index (Phi) is 7.07. The van der Waals surface area contributed by atoms with Crippen molar-refractivity contribution in [3.63, 3.8) is 0 Å². The van der Waals surface area contributed by atoms with Crippen molar-refractivity contribution in [1.29, 1.82) is 5.26 Å². The number of halogens is 1. The highest BCUT2D eigenvalue weighted by Crippen LogP contribution is 2.46. The van der Waals surface area contributed by atoms with Gasteiger partial charge in [0.2, 0.25) is 5.91 Å². The van der Waals surface area contributed by atoms with E-state index in [9.17, 15) is 19.6 Å². The minimum absolute atomic E-state index is 0.0628. The number of nitrogens with zero attached hydrogens (tertiary/aromatic N) is 2. The molecule has 3 atom stereocenters. The van der Waals surface area contributed by atoms with Gasteiger partial charge in [-0.05, 0) is 62.1 Å². The van der Waals surface area contributed by atoms with Gasteiger partial charge in [-0.15, -0.1) is 0 Å². The molecular weight excluding hydrogens is 476 g/mol. The van der Waals surface area contributed by atoms with Gasteiger partial charge in [-0.25, -0.2) is 0 Å². The van der Waals surface area contributed by atoms with Crippen LogP contribution >= 0.6 is 11.6 Å². The Labute approximate surface area is 216 Å². The standard InChI is InChI=1S/C28H33ClN4O3/c29-20-9-8-18-13-23(32-22(18)14-20)27(36)33-17-28(10-4-1-5-11-28)15-24(33)26(35)31-21(16-30)12-19-6-2-3-7-25(19)34/h8-9,13-14,19,21,24,32H,1-7,10-12,15,17H2,(H,31,35)/t19-,21-,24?/m0/s1. The highest BCUT2D eigenvalue weighted by molar-refractivity contribution is 6.31. The first-order valence-corrected chi connectivity index (χ1v) is 13.6. The molecule has 0 radical (unpaired) electrons. The molecule has 2 N–H and O–H groups in total. The van der Waals surface area contributed by atoms with Gasteiger partial charge in [-0.1, -0.05) is 43.4 Å². The van der Waals surface area contributed by atoms with Gasteiger partial charge in [-0.2, -0.15) is 5.26 Å². The predicted molar refractivity (Wildman–Crippen MR) is 137 cm³/mol. The van der Waals surface area contributed by atoms with Crippen molar-refractivity contribution in [3.8, 4) is 6.07 Å². The summed E-state index contributed by atoms with van der Waals surface area (Å²) in [6.45, 7) is 0.540. The third kappa shape index (κ3) is 5.01. The second-order valence-electron chi connectivity index (χ2n) is 11.0. The number of aromatic amines is 1. The largest absolute Gasteiger partial charge is 0.350 e. The van der Waals surface area contributed by atoms with Gasteiger partial charge in [0.1, 0.15) is 23.6 Å². The molecule has 1 spiro atoms. The Hall–Kier alpha value is -2.85. The zero-order chi connectivity index (χ0) is 25.3. The zero-order valence-corrected chi connectivity index (χ0v) is 21.3. The molecule has 2 aromatic rings. The molecular formula is C28H33ClN4O3. The number of carbonyl (C=O) groups is 3. The van der Waals surface area contributed by atoms with E-state index in [0.717, 1.165) is 55.8 Å². The van der Waals surface area contributed by atoms with Crippen molar-refractivity contribution in [2.24, 2.45) is 11.3 Å². The molecule has 7 nitrogen and oxygen atoms in total. The van der Waals surface area contributed by atoms with Crippen LogP contribution in [-0.4, -0.2) is 46.1 Å². The molecule has 2 heterocycles. The van der Waals surface area contributed by atoms with Crippen molar-refractivity contribution in [2.45, 2.75) is 82.7 Å². The van der Waals surface area contributed by atoms with Crippen LogP contribution in [-0.2, 0) is 9.59 Å². The van der Waals surface area contributed by atoms with E-state index in [-0.39, 0.29) is 28.9 Å². The number of Topliss-reactive ketones (excluding diaryl/α,β-unsaturated/α-hetero) is 1. The summed E-state index contributed by atoms with van der Waals surface area (Å²) in [5, 5.41) is 14.1. The Balaban J connectivity index is 1.36. The molecule has 8 heteroatoms. The minimum Gasteiger partial charge on any atom is -0.350 e. The molecule has 36 heavy (non-hydrogen) atoms. The molecule has 1 unspecified atom stereocenters. The first-order valence-electron chi connectivity index (χ1n) is 13.2. The number of carbonyl (C=O) groups excluding carboxylic acids is 3. The maximum atomic E-state index is 13.7. The molecule has 3 fully saturated rings. The summed E-state index contributed by atoms with van der Waals surface area (Å²) in [7, 11) is 0. The number of likely N-dealkylation sites (tertiary alicyclic amines) is 1. The molecule has 5 rings (SSSR count). The van der Waals surface area contributed by atoms with Crippen molar-refractivity contribution in [3.05, 3.63) is 35.0 Å². The smallest absolute Gasteiger partial charge is 0.271 e. The number of rotatable bonds is 5. The summed E-state index contributed by atoms with van der Waals surface area (Å²) in [6.07, 6.45) is 9.55. The zero-order valence-electron chi connectivity index (χ0n) is 20.5. The lowest BCUT2D eigenvalue weighted by Crippen LogP contribution is -2.49. The van der Waals surface area contributed by atoms with E-state index in [1.165, 1.54) is 6.42 Å². The van der Waals surface area contributed by atoms with Crippen LogP contribution in [0.1, 0.15) is 81.1 Å². The number of H-pyrrole nitrogens is 1. The fourth-order valence-corrected chi connectivity index (χ4v) is 6.71. The number of hydrogen-bond donors (Lipinski definition) is 2. The molecule has 1 aromatic heterocycles. The fraction of sp³-hybridized carbons (Fsp3) is 0.571. The summed E-state index contributed by atoms with van der Waals surface area (Å²) in [4.78, 5) is 44.5. The Morgan fingerprint density at radius 2 is 2.00 bits per heavy atom. The minimum atomic E-state index is -0.736. The number of nitrogens with one attached hydrogen (secondary N) is 2. The second-order valence-corrected chi connectivity index (χ2v) is 11.4. The number of aromatic nitrogens is 1. The maximum absolute atomic E-state index is 13.7. The monoisotopic (exact) mass is 508 g/mol. The van der Waals surface area contributed by atoms with Crippen LogP contribution in [0, 0.1) is 22.7 Å². The van der Waals surface area contributed by atoms with Crippen molar-refractivity contribution in [2.75, 3.05) is 6.54 Å². The van der Waals surface area contributed by atoms with Crippen LogP contribution in [0.5, 0.6) is 0 Å². The summed E-state index contributed by atoms with van der Waals surface area (Å²) in [5.41, 5.74) is 1.15. The SMILES string of the molecule is N#C[C@H](C[C@@H]1CCCCC1=O)NC(=O)C1CC2(CCCCC2)CN1C(=O)c1cc2ccc(Cl)cc2[nH]1. The van der Waals surface area contributed by atoms with Gasteiger partial charge in [-0.3, -0.25) is 14.4 Å². The molecule has 2 saturated carbocycles. The second kappa shape index (κ2) is 10.3. The van der Waals surface area contributed by atoms with Crippen molar-refractivity contribution < 1.29 is 14.4 Å². The molecule has 3 aliphatic rings. The summed E-state index contributed by atoms with van der Waals surface area (Å²) >= 11 is 6.12. The molecule has 1 saturated heterocycles. The lowest BCUT2D eigenvalue weighted by Gasteiger charge is -2.32. The lowest BCUT2D eigenvalue weighted by molar-refractivity contribution is -0.127. The number of fused-ring (bicyclic) bond motifs is 1. The van der Waals surface area contributed by atoms with Crippen LogP contribution in [0.25, 0.3) is 10.9 Å². The summed E-state index contributed by atoms with van der Waals surface area (Å²) in [5.74, 6) is -0.484. The highest BCUT2D eigenvalue weighted by atomic mass is 35.5. The topological polar surface area (TPSA) is 106 Å². The number of nitriles is 1. The molecule has 2 aliphatic carbocycles. The van der Waals surface area contributed by atoms with E-state index in [1.54, 1.807) is 17.0 Å². The van der Waals surface area contributed by atoms with Crippen LogP contribution < -0.4 is 5.32 Å². The van der Waals surface area contributed by atoms with Gasteiger partial charge in [0, 0.05) is 34.8 Å². The van der Waals surface area contributed by atoms with Crippen LogP contribution in [0.4, 0.5) is 0 Å². The quantitative estimate of drug-likeness (QED) is 0.582. The average molecular weight is 509 g/mol. The maximum Gasteiger partial charge on any atom is 0.271 e. The van der Waals surface area contributed by atoms with Crippen molar-refractivity contribution in [1.82, 2.24) is 15.2 Å². The van der Waals surface area contributed by atoms with Gasteiger partial charge in [0.15, 0.2) is 0 Å². The Bertz CT molecular complexity index is 1210. The van der Waals surface area contributed by atoms with Gasteiger partial charge in [0.25, 0.3) is 5.91 Å². The lowest BCUT2D eigenvalue weighted by atomic mass is 9.72. The third-order valence-electron chi connectivity index (χ3n) is 8.47. The van der Waals surface area contributed by atoms with E-state index in [2.05, 4.69) is 16.4 Å². The normalized spacial score (nSPS) is 24.6. The Morgan fingerprint density at radius 1 is 1.19 bits per heavy atom. The highest BCUT2D eigenvalue weighted by Gasteiger charge is 2.49. The summed E-state index contributed by atoms with van der Waals surface area (Å²) in [6, 6.07) is 8.06. The third-order valence-corrected chi connectivity index (χ3v) is 8.71. The number of amides is 2. The average Bonchev–Trinajstić information content (AvgIpc) is 3.46. The van der Waals surface area contributed by atoms with Gasteiger partial charge in [0.05, 0.1) is 6.07 Å². The van der Waals surface area contributed by atoms with E-state index >= 15 is 0 Å². The van der Waals surface area contributed by atoms with Crippen LogP contribution in [0.15, 0.2) is 24.3 Å². The molecule has 190 valence electrons. The van der Waals surface area contributed by atoms with Crippen LogP contribution in [0.2, 0.25) is 5.02 Å². The van der Waals surface area contributed by atoms with Gasteiger partial charge >= 0.3 is 0 Å². The molecule has 0 bridgehead atoms. The van der Waals surface area contributed by atoms with Gasteiger partial charge < -0.3 is 15.2 Å². The Morgan fingerprint density at radius 3 is 2.75 bits per heavy atom. The number of benzene rings is 1. The van der Waals surface area contributed by atoms with E-state index in [1.807, 2.05) is 12.1 Å².